The van der Waals surface area contributed by atoms with Crippen LogP contribution < -0.4 is 0 Å². The maximum atomic E-state index is 2.43. The highest BCUT2D eigenvalue weighted by molar-refractivity contribution is 8.34. The van der Waals surface area contributed by atoms with Gasteiger partial charge < -0.3 is 0 Å². The van der Waals surface area contributed by atoms with Crippen molar-refractivity contribution in [1.82, 2.24) is 0 Å². The molecule has 0 aromatic heterocycles. The van der Waals surface area contributed by atoms with Gasteiger partial charge in [0.05, 0.1) is 25.3 Å². The van der Waals surface area contributed by atoms with Gasteiger partial charge in [-0.1, -0.05) is 79.8 Å². The van der Waals surface area contributed by atoms with Gasteiger partial charge in [0.15, 0.2) is 0 Å². The third kappa shape index (κ3) is 3.54. The van der Waals surface area contributed by atoms with Crippen LogP contribution in [0.2, 0.25) is 32.7 Å². The van der Waals surface area contributed by atoms with Crippen molar-refractivity contribution in [2.45, 2.75) is 32.7 Å². The summed E-state index contributed by atoms with van der Waals surface area (Å²) >= 11 is 7.92. The molecule has 0 unspecified atom stereocenters. The van der Waals surface area contributed by atoms with Crippen molar-refractivity contribution in [1.29, 1.82) is 0 Å². The molecule has 2 aliphatic rings. The Kier molecular flexibility index (Phi) is 4.75. The summed E-state index contributed by atoms with van der Waals surface area (Å²) < 4.78 is 6.29. The molecule has 2 aliphatic heterocycles. The first-order valence-electron chi connectivity index (χ1n) is 5.52. The molecule has 0 spiro atoms. The molecule has 0 bridgehead atoms. The minimum atomic E-state index is -1.12. The summed E-state index contributed by atoms with van der Waals surface area (Å²) in [6.07, 6.45) is 0. The Morgan fingerprint density at radius 3 is 2.00 bits per heavy atom. The van der Waals surface area contributed by atoms with Gasteiger partial charge in [-0.3, -0.25) is 0 Å². The highest BCUT2D eigenvalue weighted by Crippen LogP contribution is 2.56. The van der Waals surface area contributed by atoms with Gasteiger partial charge in [0.1, 0.15) is 0 Å². The Labute approximate surface area is 124 Å². The van der Waals surface area contributed by atoms with E-state index in [0.717, 1.165) is 0 Å². The van der Waals surface area contributed by atoms with Crippen LogP contribution in [-0.2, 0) is 0 Å². The van der Waals surface area contributed by atoms with Crippen molar-refractivity contribution in [3.05, 3.63) is 28.3 Å². The van der Waals surface area contributed by atoms with Crippen LogP contribution in [0.5, 0.6) is 0 Å². The van der Waals surface area contributed by atoms with Crippen LogP contribution in [0.1, 0.15) is 0 Å². The van der Waals surface area contributed by atoms with E-state index in [0.29, 0.717) is 0 Å². The molecule has 1 radical (unpaired) electrons. The van der Waals surface area contributed by atoms with E-state index in [-0.39, 0.29) is 8.80 Å². The molecule has 17 heavy (non-hydrogen) atoms. The van der Waals surface area contributed by atoms with Gasteiger partial charge in [0, 0.05) is 0 Å². The van der Waals surface area contributed by atoms with Gasteiger partial charge in [-0.05, 0) is 19.9 Å². The smallest absolute Gasteiger partial charge is 0.0890 e. The third-order valence-electron chi connectivity index (χ3n) is 2.35. The van der Waals surface area contributed by atoms with Gasteiger partial charge in [-0.2, -0.15) is 0 Å². The number of hydrogen-bond donors (Lipinski definition) is 0. The van der Waals surface area contributed by atoms with E-state index in [1.54, 1.807) is 9.06 Å². The second kappa shape index (κ2) is 5.58. The van der Waals surface area contributed by atoms with E-state index >= 15 is 0 Å². The Hall–Kier alpha value is 1.05. The van der Waals surface area contributed by atoms with E-state index in [9.17, 15) is 0 Å². The maximum absolute atomic E-state index is 2.43. The lowest BCUT2D eigenvalue weighted by Gasteiger charge is -2.16. The van der Waals surface area contributed by atoms with Gasteiger partial charge in [-0.15, -0.1) is 0 Å². The zero-order valence-electron chi connectivity index (χ0n) is 10.8. The highest BCUT2D eigenvalue weighted by Gasteiger charge is 2.29. The SMILES string of the molecule is C[Si](C)C1=CS/C(=C2/SC=C([Si](C)(C)C)S2)S1. The average Bonchev–Trinajstić information content (AvgIpc) is 2.85. The molecular weight excluding hydrogens is 317 g/mol. The molecule has 0 nitrogen and oxygen atoms in total. The number of hydrogen-bond acceptors (Lipinski definition) is 4. The first-order valence-corrected chi connectivity index (χ1v) is 14.9. The molecule has 2 heterocycles. The predicted octanol–water partition coefficient (Wildman–Crippen LogP) is 5.93. The molecule has 0 atom stereocenters. The molecule has 2 rings (SSSR count). The monoisotopic (exact) mass is 333 g/mol. The molecule has 0 amide bonds. The molecule has 0 saturated carbocycles. The Bertz CT molecular complexity index is 416. The molecule has 93 valence electrons. The van der Waals surface area contributed by atoms with Crippen molar-refractivity contribution in [2.24, 2.45) is 0 Å². The van der Waals surface area contributed by atoms with E-state index in [1.165, 1.54) is 8.47 Å². The fraction of sp³-hybridized carbons (Fsp3) is 0.455. The van der Waals surface area contributed by atoms with Crippen LogP contribution in [0, 0.1) is 0 Å². The van der Waals surface area contributed by atoms with Gasteiger partial charge >= 0.3 is 0 Å². The number of rotatable bonds is 2. The van der Waals surface area contributed by atoms with Crippen LogP contribution in [0.4, 0.5) is 0 Å². The maximum Gasteiger partial charge on any atom is 0.0890 e. The predicted molar refractivity (Wildman–Crippen MR) is 94.4 cm³/mol. The second-order valence-electron chi connectivity index (χ2n) is 5.23. The van der Waals surface area contributed by atoms with Gasteiger partial charge in [-0.25, -0.2) is 0 Å². The lowest BCUT2D eigenvalue weighted by molar-refractivity contribution is 1.76. The quantitative estimate of drug-likeness (QED) is 0.574. The van der Waals surface area contributed by atoms with Crippen LogP contribution in [0.3, 0.4) is 0 Å². The van der Waals surface area contributed by atoms with Crippen LogP contribution in [0.25, 0.3) is 0 Å². The van der Waals surface area contributed by atoms with Crippen molar-refractivity contribution < 1.29 is 0 Å². The fourth-order valence-corrected chi connectivity index (χ4v) is 11.2. The zero-order chi connectivity index (χ0) is 12.6. The van der Waals surface area contributed by atoms with Gasteiger partial charge in [0.2, 0.25) is 0 Å². The largest absolute Gasteiger partial charge is 0.0898 e. The molecular formula is C11H17S4Si2. The normalized spacial score (nSPS) is 25.5. The summed E-state index contributed by atoms with van der Waals surface area (Å²) in [7, 11) is -1.39. The van der Waals surface area contributed by atoms with Gasteiger partial charge in [0.25, 0.3) is 0 Å². The summed E-state index contributed by atoms with van der Waals surface area (Å²) in [4.78, 5) is 0. The van der Waals surface area contributed by atoms with Crippen molar-refractivity contribution in [3.63, 3.8) is 0 Å². The minimum absolute atomic E-state index is 0.273. The highest BCUT2D eigenvalue weighted by atomic mass is 32.2. The lowest BCUT2D eigenvalue weighted by atomic mass is 11.2. The average molecular weight is 334 g/mol. The summed E-state index contributed by atoms with van der Waals surface area (Å²) in [6.45, 7) is 12.0. The molecule has 6 heteroatoms. The van der Waals surface area contributed by atoms with Crippen LogP contribution in [0.15, 0.2) is 28.3 Å². The van der Waals surface area contributed by atoms with E-state index in [2.05, 4.69) is 43.6 Å². The van der Waals surface area contributed by atoms with E-state index in [1.807, 2.05) is 47.0 Å². The molecule has 0 aromatic carbocycles. The lowest BCUT2D eigenvalue weighted by Crippen LogP contribution is -2.20. The Morgan fingerprint density at radius 2 is 1.53 bits per heavy atom. The van der Waals surface area contributed by atoms with Crippen LogP contribution in [-0.4, -0.2) is 16.9 Å². The molecule has 0 fully saturated rings. The fourth-order valence-electron chi connectivity index (χ4n) is 1.24. The molecule has 0 saturated heterocycles. The topological polar surface area (TPSA) is 0 Å². The second-order valence-corrected chi connectivity index (χ2v) is 17.9. The minimum Gasteiger partial charge on any atom is -0.0898 e. The Morgan fingerprint density at radius 1 is 0.941 bits per heavy atom. The summed E-state index contributed by atoms with van der Waals surface area (Å²) in [5.74, 6) is 0. The third-order valence-corrected chi connectivity index (χ3v) is 14.1. The van der Waals surface area contributed by atoms with E-state index in [4.69, 9.17) is 0 Å². The number of thioether (sulfide) groups is 4. The summed E-state index contributed by atoms with van der Waals surface area (Å²) in [6, 6.07) is 0. The zero-order valence-corrected chi connectivity index (χ0v) is 16.1. The Balaban J connectivity index is 2.05. The molecule has 0 aromatic rings. The summed E-state index contributed by atoms with van der Waals surface area (Å²) in [5.41, 5.74) is 0. The van der Waals surface area contributed by atoms with Crippen LogP contribution >= 0.6 is 47.0 Å². The first kappa shape index (κ1) is 14.5. The van der Waals surface area contributed by atoms with Crippen molar-refractivity contribution in [3.8, 4) is 0 Å². The van der Waals surface area contributed by atoms with Crippen molar-refractivity contribution >= 4 is 63.9 Å². The standard InChI is InChI=1S/C11H17S4Si2/c1-16(2)8-6-12-10(14-8)11-13-7-9(15-11)17(3,4)5/h6-7H,1-5H3/b11-10+. The van der Waals surface area contributed by atoms with E-state index < -0.39 is 8.07 Å². The first-order chi connectivity index (χ1) is 7.88. The molecule has 0 aliphatic carbocycles. The molecule has 0 N–H and O–H groups in total. The van der Waals surface area contributed by atoms with Crippen molar-refractivity contribution in [2.75, 3.05) is 0 Å². The summed E-state index contributed by atoms with van der Waals surface area (Å²) in [5, 5.41) is 4.76.